The van der Waals surface area contributed by atoms with Gasteiger partial charge in [0.2, 0.25) is 0 Å². The minimum absolute atomic E-state index is 0.133. The van der Waals surface area contributed by atoms with Crippen LogP contribution in [0.5, 0.6) is 5.75 Å². The molecule has 1 saturated heterocycles. The average molecular weight is 545 g/mol. The number of sulfonamides is 1. The summed E-state index contributed by atoms with van der Waals surface area (Å²) >= 11 is 3.31. The van der Waals surface area contributed by atoms with Gasteiger partial charge in [0.1, 0.15) is 11.9 Å². The maximum absolute atomic E-state index is 13.5. The van der Waals surface area contributed by atoms with Crippen LogP contribution in [-0.2, 0) is 20.9 Å². The summed E-state index contributed by atoms with van der Waals surface area (Å²) in [6, 6.07) is 10.9. The minimum atomic E-state index is -4.68. The molecule has 0 saturated carbocycles. The van der Waals surface area contributed by atoms with E-state index >= 15 is 0 Å². The Morgan fingerprint density at radius 1 is 1.18 bits per heavy atom. The van der Waals surface area contributed by atoms with Gasteiger partial charge in [0.15, 0.2) is 0 Å². The van der Waals surface area contributed by atoms with Gasteiger partial charge in [-0.1, -0.05) is 22.0 Å². The maximum Gasteiger partial charge on any atom is 0.416 e. The van der Waals surface area contributed by atoms with Gasteiger partial charge >= 0.3 is 6.18 Å². The summed E-state index contributed by atoms with van der Waals surface area (Å²) in [5.74, 6) is 0.283. The number of hydrogen-bond donors (Lipinski definition) is 0. The first-order valence-electron chi connectivity index (χ1n) is 10.2. The van der Waals surface area contributed by atoms with Crippen molar-refractivity contribution in [1.82, 2.24) is 0 Å². The van der Waals surface area contributed by atoms with Crippen molar-refractivity contribution in [3.8, 4) is 11.8 Å². The highest BCUT2D eigenvalue weighted by molar-refractivity contribution is 9.10. The van der Waals surface area contributed by atoms with E-state index in [0.717, 1.165) is 22.5 Å². The van der Waals surface area contributed by atoms with Crippen molar-refractivity contribution in [2.24, 2.45) is 5.41 Å². The van der Waals surface area contributed by atoms with Crippen LogP contribution in [0.4, 0.5) is 18.9 Å². The molecule has 2 aromatic carbocycles. The third kappa shape index (κ3) is 4.83. The lowest BCUT2D eigenvalue weighted by atomic mass is 9.77. The Morgan fingerprint density at radius 3 is 2.58 bits per heavy atom. The molecule has 0 bridgehead atoms. The topological polar surface area (TPSA) is 79.6 Å². The fourth-order valence-electron chi connectivity index (χ4n) is 4.14. The van der Waals surface area contributed by atoms with Crippen LogP contribution >= 0.6 is 15.9 Å². The highest BCUT2D eigenvalue weighted by Gasteiger charge is 2.41. The molecule has 1 atom stereocenters. The molecule has 2 heterocycles. The summed E-state index contributed by atoms with van der Waals surface area (Å²) in [6.45, 7) is 0.721. The van der Waals surface area contributed by atoms with Crippen molar-refractivity contribution in [2.45, 2.75) is 36.4 Å². The molecule has 2 aliphatic heterocycles. The zero-order chi connectivity index (χ0) is 23.9. The van der Waals surface area contributed by atoms with Crippen molar-refractivity contribution in [3.05, 3.63) is 52.5 Å². The number of ether oxygens (including phenoxy) is 2. The molecule has 33 heavy (non-hydrogen) atoms. The largest absolute Gasteiger partial charge is 0.486 e. The molecule has 0 amide bonds. The number of halogens is 4. The van der Waals surface area contributed by atoms with E-state index in [4.69, 9.17) is 9.47 Å². The van der Waals surface area contributed by atoms with Gasteiger partial charge in [0.25, 0.3) is 10.0 Å². The summed E-state index contributed by atoms with van der Waals surface area (Å²) in [4.78, 5) is -0.468. The Labute approximate surface area is 198 Å². The molecule has 1 unspecified atom stereocenters. The van der Waals surface area contributed by atoms with Gasteiger partial charge in [0, 0.05) is 24.1 Å². The van der Waals surface area contributed by atoms with Crippen molar-refractivity contribution < 1.29 is 31.1 Å². The Kier molecular flexibility index (Phi) is 6.37. The normalized spacial score (nSPS) is 20.5. The monoisotopic (exact) mass is 544 g/mol. The summed E-state index contributed by atoms with van der Waals surface area (Å²) < 4.78 is 79.8. The van der Waals surface area contributed by atoms with E-state index < -0.39 is 38.2 Å². The summed E-state index contributed by atoms with van der Waals surface area (Å²) in [6.07, 6.45) is -4.07. The number of rotatable bonds is 4. The molecule has 0 radical (unpaired) electrons. The molecule has 4 rings (SSSR count). The predicted octanol–water partition coefficient (Wildman–Crippen LogP) is 5.13. The van der Waals surface area contributed by atoms with Gasteiger partial charge < -0.3 is 9.47 Å². The molecule has 2 aliphatic rings. The molecule has 6 nitrogen and oxygen atoms in total. The number of nitrogens with zero attached hydrogens (tertiary/aromatic N) is 2. The van der Waals surface area contributed by atoms with Crippen LogP contribution in [0.1, 0.15) is 24.8 Å². The van der Waals surface area contributed by atoms with Crippen LogP contribution in [0.15, 0.2) is 51.8 Å². The lowest BCUT2D eigenvalue weighted by Crippen LogP contribution is -2.46. The lowest BCUT2D eigenvalue weighted by Gasteiger charge is -2.39. The zero-order valence-corrected chi connectivity index (χ0v) is 19.7. The number of hydrogen-bond acceptors (Lipinski definition) is 5. The van der Waals surface area contributed by atoms with Gasteiger partial charge in [-0.3, -0.25) is 4.31 Å². The van der Waals surface area contributed by atoms with Gasteiger partial charge in [-0.25, -0.2) is 8.42 Å². The fourth-order valence-corrected chi connectivity index (χ4v) is 6.03. The summed E-state index contributed by atoms with van der Waals surface area (Å²) in [5, 5.41) is 9.81. The second-order valence-electron chi connectivity index (χ2n) is 8.12. The molecule has 1 fully saturated rings. The van der Waals surface area contributed by atoms with Crippen molar-refractivity contribution in [1.29, 1.82) is 5.26 Å². The number of anilines is 1. The lowest BCUT2D eigenvalue weighted by molar-refractivity contribution is -0.137. The number of fused-ring (bicyclic) bond motifs is 1. The molecular formula is C22H20BrF3N2O4S. The van der Waals surface area contributed by atoms with Crippen molar-refractivity contribution in [2.75, 3.05) is 24.1 Å². The highest BCUT2D eigenvalue weighted by atomic mass is 79.9. The third-order valence-electron chi connectivity index (χ3n) is 5.91. The first-order chi connectivity index (χ1) is 15.5. The van der Waals surface area contributed by atoms with Gasteiger partial charge in [-0.2, -0.15) is 18.4 Å². The second kappa shape index (κ2) is 8.81. The summed E-state index contributed by atoms with van der Waals surface area (Å²) in [7, 11) is -4.35. The van der Waals surface area contributed by atoms with Crippen LogP contribution in [0.25, 0.3) is 0 Å². The van der Waals surface area contributed by atoms with Crippen LogP contribution in [0.2, 0.25) is 0 Å². The Balaban J connectivity index is 1.73. The average Bonchev–Trinajstić information content (AvgIpc) is 2.79. The van der Waals surface area contributed by atoms with Gasteiger partial charge in [-0.15, -0.1) is 0 Å². The molecule has 0 N–H and O–H groups in total. The molecule has 176 valence electrons. The van der Waals surface area contributed by atoms with E-state index in [9.17, 15) is 26.9 Å². The number of nitriles is 1. The van der Waals surface area contributed by atoms with Crippen LogP contribution in [-0.4, -0.2) is 34.3 Å². The first-order valence-corrected chi connectivity index (χ1v) is 12.4. The SMILES string of the molecule is N#CC1(CC2CN(S(=O)(=O)c3cccc(C(F)(F)F)c3)c3cc(Br)ccc3O2)CCOCC1. The quantitative estimate of drug-likeness (QED) is 0.532. The van der Waals surface area contributed by atoms with E-state index in [1.165, 1.54) is 0 Å². The number of benzene rings is 2. The van der Waals surface area contributed by atoms with E-state index in [-0.39, 0.29) is 24.4 Å². The van der Waals surface area contributed by atoms with E-state index in [2.05, 4.69) is 22.0 Å². The van der Waals surface area contributed by atoms with Crippen LogP contribution < -0.4 is 9.04 Å². The Morgan fingerprint density at radius 2 is 1.91 bits per heavy atom. The van der Waals surface area contributed by atoms with E-state index in [1.54, 1.807) is 18.2 Å². The Hall–Kier alpha value is -2.29. The molecule has 0 spiro atoms. The van der Waals surface area contributed by atoms with E-state index in [1.807, 2.05) is 0 Å². The van der Waals surface area contributed by atoms with E-state index in [0.29, 0.717) is 36.6 Å². The molecule has 11 heteroatoms. The number of alkyl halides is 3. The van der Waals surface area contributed by atoms with Crippen LogP contribution in [0.3, 0.4) is 0 Å². The third-order valence-corrected chi connectivity index (χ3v) is 8.18. The van der Waals surface area contributed by atoms with Crippen molar-refractivity contribution in [3.63, 3.8) is 0 Å². The molecule has 2 aromatic rings. The standard InChI is InChI=1S/C22H20BrF3N2O4S/c23-16-4-5-20-19(11-16)28(13-17(32-20)12-21(14-27)6-8-31-9-7-21)33(29,30)18-3-1-2-15(10-18)22(24,25)26/h1-5,10-11,17H,6-9,12-13H2. The summed E-state index contributed by atoms with van der Waals surface area (Å²) in [5.41, 5.74) is -1.55. The first kappa shape index (κ1) is 23.9. The van der Waals surface area contributed by atoms with Gasteiger partial charge in [-0.05, 0) is 49.2 Å². The molecule has 0 aromatic heterocycles. The highest BCUT2D eigenvalue weighted by Crippen LogP contribution is 2.43. The second-order valence-corrected chi connectivity index (χ2v) is 10.9. The predicted molar refractivity (Wildman–Crippen MR) is 117 cm³/mol. The Bertz CT molecular complexity index is 1190. The smallest absolute Gasteiger partial charge is 0.416 e. The van der Waals surface area contributed by atoms with Gasteiger partial charge in [0.05, 0.1) is 34.2 Å². The van der Waals surface area contributed by atoms with Crippen LogP contribution in [0, 0.1) is 16.7 Å². The minimum Gasteiger partial charge on any atom is -0.486 e. The zero-order valence-electron chi connectivity index (χ0n) is 17.3. The van der Waals surface area contributed by atoms with Crippen molar-refractivity contribution >= 4 is 31.6 Å². The molecular weight excluding hydrogens is 525 g/mol. The molecule has 0 aliphatic carbocycles. The fraction of sp³-hybridized carbons (Fsp3) is 0.409. The maximum atomic E-state index is 13.5.